The number of hydrogen-bond donors (Lipinski definition) is 1. The summed E-state index contributed by atoms with van der Waals surface area (Å²) in [4.78, 5) is 28.4. The molecule has 37 heavy (non-hydrogen) atoms. The van der Waals surface area contributed by atoms with E-state index in [0.717, 1.165) is 53.8 Å². The van der Waals surface area contributed by atoms with Crippen LogP contribution in [0.2, 0.25) is 5.02 Å². The van der Waals surface area contributed by atoms with E-state index in [1.54, 1.807) is 49.4 Å². The molecule has 1 fully saturated rings. The molecule has 1 atom stereocenters. The molecular formula is C27H36ClN3O5S. The fourth-order valence-electron chi connectivity index (χ4n) is 4.53. The van der Waals surface area contributed by atoms with Crippen molar-refractivity contribution in [1.82, 2.24) is 10.2 Å². The number of carbonyl (C=O) groups is 2. The zero-order chi connectivity index (χ0) is 27.2. The largest absolute Gasteiger partial charge is 0.495 e. The molecule has 1 N–H and O–H groups in total. The molecule has 0 radical (unpaired) electrons. The number of sulfonamides is 1. The lowest BCUT2D eigenvalue weighted by Crippen LogP contribution is -2.53. The van der Waals surface area contributed by atoms with Gasteiger partial charge >= 0.3 is 0 Å². The maximum Gasteiger partial charge on any atom is 0.244 e. The van der Waals surface area contributed by atoms with Crippen LogP contribution in [0.25, 0.3) is 0 Å². The first kappa shape index (κ1) is 28.8. The molecule has 10 heteroatoms. The van der Waals surface area contributed by atoms with E-state index < -0.39 is 28.5 Å². The summed E-state index contributed by atoms with van der Waals surface area (Å²) < 4.78 is 32.1. The number of rotatable bonds is 10. The van der Waals surface area contributed by atoms with Crippen LogP contribution in [0.4, 0.5) is 5.69 Å². The summed E-state index contributed by atoms with van der Waals surface area (Å²) in [5, 5.41) is 3.64. The van der Waals surface area contributed by atoms with Gasteiger partial charge in [0.1, 0.15) is 18.3 Å². The van der Waals surface area contributed by atoms with Crippen LogP contribution in [0.15, 0.2) is 42.5 Å². The summed E-state index contributed by atoms with van der Waals surface area (Å²) in [6, 6.07) is 11.4. The van der Waals surface area contributed by atoms with Crippen LogP contribution in [-0.4, -0.2) is 57.1 Å². The number of amides is 2. The molecule has 1 aliphatic rings. The number of hydrogen-bond acceptors (Lipinski definition) is 5. The van der Waals surface area contributed by atoms with E-state index in [2.05, 4.69) is 5.32 Å². The van der Waals surface area contributed by atoms with Crippen molar-refractivity contribution in [3.8, 4) is 5.75 Å². The Morgan fingerprint density at radius 1 is 1.11 bits per heavy atom. The number of ether oxygens (including phenoxy) is 1. The predicted molar refractivity (Wildman–Crippen MR) is 146 cm³/mol. The summed E-state index contributed by atoms with van der Waals surface area (Å²) >= 11 is 6.03. The van der Waals surface area contributed by atoms with E-state index in [0.29, 0.717) is 10.8 Å². The number of methoxy groups -OCH3 is 1. The Morgan fingerprint density at radius 3 is 2.35 bits per heavy atom. The Bertz CT molecular complexity index is 1200. The van der Waals surface area contributed by atoms with Crippen molar-refractivity contribution in [3.63, 3.8) is 0 Å². The Labute approximate surface area is 225 Å². The summed E-state index contributed by atoms with van der Waals surface area (Å²) in [5.74, 6) is -0.431. The van der Waals surface area contributed by atoms with Gasteiger partial charge in [-0.3, -0.25) is 13.9 Å². The lowest BCUT2D eigenvalue weighted by atomic mass is 9.95. The van der Waals surface area contributed by atoms with Crippen molar-refractivity contribution >= 4 is 39.1 Å². The molecule has 202 valence electrons. The van der Waals surface area contributed by atoms with E-state index >= 15 is 0 Å². The standard InChI is InChI=1S/C27H36ClN3O5S/c1-19-10-15-25(36-3)24(16-19)31(37(4,34)35)18-26(32)30(17-21-11-13-22(28)14-12-21)20(2)27(33)29-23-8-6-5-7-9-23/h10-16,20,23H,5-9,17-18H2,1-4H3,(H,29,33). The van der Waals surface area contributed by atoms with Crippen LogP contribution < -0.4 is 14.4 Å². The molecule has 0 bridgehead atoms. The predicted octanol–water partition coefficient (Wildman–Crippen LogP) is 4.29. The lowest BCUT2D eigenvalue weighted by molar-refractivity contribution is -0.139. The highest BCUT2D eigenvalue weighted by atomic mass is 35.5. The molecule has 0 heterocycles. The number of carbonyl (C=O) groups excluding carboxylic acids is 2. The summed E-state index contributed by atoms with van der Waals surface area (Å²) in [6.45, 7) is 3.14. The molecule has 2 amide bonds. The van der Waals surface area contributed by atoms with Gasteiger partial charge in [0.25, 0.3) is 0 Å². The molecular weight excluding hydrogens is 514 g/mol. The fraction of sp³-hybridized carbons (Fsp3) is 0.481. The van der Waals surface area contributed by atoms with Gasteiger partial charge in [0.2, 0.25) is 21.8 Å². The molecule has 1 unspecified atom stereocenters. The summed E-state index contributed by atoms with van der Waals surface area (Å²) in [5.41, 5.74) is 1.85. The van der Waals surface area contributed by atoms with Gasteiger partial charge in [0.15, 0.2) is 0 Å². The number of anilines is 1. The van der Waals surface area contributed by atoms with E-state index in [1.807, 2.05) is 6.92 Å². The van der Waals surface area contributed by atoms with Crippen molar-refractivity contribution < 1.29 is 22.7 Å². The molecule has 0 spiro atoms. The van der Waals surface area contributed by atoms with Crippen LogP contribution in [0.5, 0.6) is 5.75 Å². The highest BCUT2D eigenvalue weighted by molar-refractivity contribution is 7.92. The molecule has 2 aromatic rings. The summed E-state index contributed by atoms with van der Waals surface area (Å²) in [6.07, 6.45) is 6.16. The second-order valence-electron chi connectivity index (χ2n) is 9.61. The molecule has 0 aromatic heterocycles. The van der Waals surface area contributed by atoms with E-state index in [1.165, 1.54) is 12.0 Å². The molecule has 1 saturated carbocycles. The van der Waals surface area contributed by atoms with E-state index in [4.69, 9.17) is 16.3 Å². The third kappa shape index (κ3) is 7.85. The quantitative estimate of drug-likeness (QED) is 0.477. The van der Waals surface area contributed by atoms with Crippen molar-refractivity contribution in [3.05, 3.63) is 58.6 Å². The van der Waals surface area contributed by atoms with Gasteiger partial charge in [-0.15, -0.1) is 0 Å². The topological polar surface area (TPSA) is 96.0 Å². The number of halogens is 1. The van der Waals surface area contributed by atoms with Gasteiger partial charge < -0.3 is 15.0 Å². The van der Waals surface area contributed by atoms with E-state index in [9.17, 15) is 18.0 Å². The fourth-order valence-corrected chi connectivity index (χ4v) is 5.50. The van der Waals surface area contributed by atoms with Crippen LogP contribution >= 0.6 is 11.6 Å². The SMILES string of the molecule is COc1ccc(C)cc1N(CC(=O)N(Cc1ccc(Cl)cc1)C(C)C(=O)NC1CCCCC1)S(C)(=O)=O. The zero-order valence-corrected chi connectivity index (χ0v) is 23.4. The number of nitrogens with zero attached hydrogens (tertiary/aromatic N) is 2. The van der Waals surface area contributed by atoms with Gasteiger partial charge in [-0.05, 0) is 62.1 Å². The van der Waals surface area contributed by atoms with Crippen LogP contribution in [0.3, 0.4) is 0 Å². The number of aryl methyl sites for hydroxylation is 1. The minimum absolute atomic E-state index is 0.0836. The molecule has 2 aromatic carbocycles. The van der Waals surface area contributed by atoms with Crippen molar-refractivity contribution in [1.29, 1.82) is 0 Å². The van der Waals surface area contributed by atoms with Crippen LogP contribution in [-0.2, 0) is 26.2 Å². The minimum Gasteiger partial charge on any atom is -0.495 e. The molecule has 1 aliphatic carbocycles. The third-order valence-corrected chi connectivity index (χ3v) is 8.05. The highest BCUT2D eigenvalue weighted by Gasteiger charge is 2.32. The van der Waals surface area contributed by atoms with Gasteiger partial charge in [0.05, 0.1) is 19.1 Å². The number of nitrogens with one attached hydrogen (secondary N) is 1. The van der Waals surface area contributed by atoms with Crippen molar-refractivity contribution in [2.75, 3.05) is 24.2 Å². The molecule has 3 rings (SSSR count). The van der Waals surface area contributed by atoms with Gasteiger partial charge in [-0.1, -0.05) is 49.1 Å². The molecule has 0 aliphatic heterocycles. The minimum atomic E-state index is -3.86. The van der Waals surface area contributed by atoms with Crippen molar-refractivity contribution in [2.45, 2.75) is 64.6 Å². The van der Waals surface area contributed by atoms with Gasteiger partial charge in [0, 0.05) is 17.6 Å². The maximum absolute atomic E-state index is 13.7. The average Bonchev–Trinajstić information content (AvgIpc) is 2.86. The second-order valence-corrected chi connectivity index (χ2v) is 12.0. The van der Waals surface area contributed by atoms with Crippen LogP contribution in [0, 0.1) is 6.92 Å². The summed E-state index contributed by atoms with van der Waals surface area (Å²) in [7, 11) is -2.41. The lowest BCUT2D eigenvalue weighted by Gasteiger charge is -2.33. The van der Waals surface area contributed by atoms with E-state index in [-0.39, 0.29) is 24.2 Å². The first-order chi connectivity index (χ1) is 17.5. The average molecular weight is 550 g/mol. The first-order valence-electron chi connectivity index (χ1n) is 12.5. The Kier molecular flexibility index (Phi) is 9.84. The Balaban J connectivity index is 1.91. The van der Waals surface area contributed by atoms with Gasteiger partial charge in [-0.25, -0.2) is 8.42 Å². The highest BCUT2D eigenvalue weighted by Crippen LogP contribution is 2.31. The third-order valence-electron chi connectivity index (χ3n) is 6.67. The second kappa shape index (κ2) is 12.6. The molecule has 8 nitrogen and oxygen atoms in total. The number of benzene rings is 2. The van der Waals surface area contributed by atoms with Crippen LogP contribution in [0.1, 0.15) is 50.2 Å². The first-order valence-corrected chi connectivity index (χ1v) is 14.7. The zero-order valence-electron chi connectivity index (χ0n) is 21.9. The monoisotopic (exact) mass is 549 g/mol. The normalized spacial score (nSPS) is 15.1. The van der Waals surface area contributed by atoms with Crippen molar-refractivity contribution in [2.24, 2.45) is 0 Å². The Hall–Kier alpha value is -2.78. The maximum atomic E-state index is 13.7. The Morgan fingerprint density at radius 2 is 1.76 bits per heavy atom. The van der Waals surface area contributed by atoms with Gasteiger partial charge in [-0.2, -0.15) is 0 Å². The smallest absolute Gasteiger partial charge is 0.244 e. The molecule has 0 saturated heterocycles.